The number of ether oxygens (including phenoxy) is 1. The van der Waals surface area contributed by atoms with Crippen molar-refractivity contribution < 1.29 is 9.26 Å². The Balaban J connectivity index is 2.30. The van der Waals surface area contributed by atoms with Crippen LogP contribution in [0.3, 0.4) is 0 Å². The highest BCUT2D eigenvalue weighted by atomic mass is 32.1. The van der Waals surface area contributed by atoms with Gasteiger partial charge in [0.15, 0.2) is 5.82 Å². The Morgan fingerprint density at radius 3 is 2.76 bits per heavy atom. The summed E-state index contributed by atoms with van der Waals surface area (Å²) in [6, 6.07) is 0. The fraction of sp³-hybridized carbons (Fsp3) is 0.455. The monoisotopic (exact) mass is 253 g/mol. The molecule has 17 heavy (non-hydrogen) atoms. The first-order valence-corrected chi connectivity index (χ1v) is 6.12. The highest BCUT2D eigenvalue weighted by Crippen LogP contribution is 2.36. The first-order chi connectivity index (χ1) is 8.13. The van der Waals surface area contributed by atoms with Gasteiger partial charge < -0.3 is 15.0 Å². The Hall–Kier alpha value is -1.40. The maximum Gasteiger partial charge on any atom is 0.261 e. The maximum atomic E-state index is 5.95. The van der Waals surface area contributed by atoms with Crippen LogP contribution in [0.4, 0.5) is 5.00 Å². The lowest BCUT2D eigenvalue weighted by molar-refractivity contribution is 0.199. The Bertz CT molecular complexity index is 519. The number of hydrogen-bond donors (Lipinski definition) is 1. The van der Waals surface area contributed by atoms with Gasteiger partial charge in [0, 0.05) is 18.4 Å². The topological polar surface area (TPSA) is 74.2 Å². The van der Waals surface area contributed by atoms with Crippen molar-refractivity contribution in [1.82, 2.24) is 10.1 Å². The number of methoxy groups -OCH3 is 1. The van der Waals surface area contributed by atoms with Crippen LogP contribution in [0, 0.1) is 13.8 Å². The number of nitrogens with two attached hydrogens (primary N) is 1. The summed E-state index contributed by atoms with van der Waals surface area (Å²) >= 11 is 1.54. The van der Waals surface area contributed by atoms with Crippen LogP contribution in [0.5, 0.6) is 0 Å². The van der Waals surface area contributed by atoms with Gasteiger partial charge >= 0.3 is 0 Å². The third kappa shape index (κ3) is 2.32. The minimum atomic E-state index is 0.496. The first-order valence-electron chi connectivity index (χ1n) is 5.30. The molecule has 92 valence electrons. The molecular weight excluding hydrogens is 238 g/mol. The quantitative estimate of drug-likeness (QED) is 0.904. The van der Waals surface area contributed by atoms with Crippen LogP contribution in [0.25, 0.3) is 11.5 Å². The van der Waals surface area contributed by atoms with Crippen LogP contribution >= 0.6 is 11.3 Å². The van der Waals surface area contributed by atoms with E-state index in [0.717, 1.165) is 16.1 Å². The van der Waals surface area contributed by atoms with Crippen molar-refractivity contribution in [1.29, 1.82) is 0 Å². The van der Waals surface area contributed by atoms with E-state index in [1.54, 1.807) is 18.4 Å². The number of nitrogen functional groups attached to an aromatic ring is 1. The molecule has 6 heteroatoms. The molecule has 0 aliphatic rings. The third-order valence-corrected chi connectivity index (χ3v) is 3.66. The Labute approximate surface area is 104 Å². The average Bonchev–Trinajstić information content (AvgIpc) is 2.83. The van der Waals surface area contributed by atoms with E-state index in [0.29, 0.717) is 24.7 Å². The SMILES string of the molecule is COCCc1noc(-c2c(N)sc(C)c2C)n1. The van der Waals surface area contributed by atoms with Crippen molar-refractivity contribution in [3.8, 4) is 11.5 Å². The maximum absolute atomic E-state index is 5.95. The van der Waals surface area contributed by atoms with Gasteiger partial charge in [-0.15, -0.1) is 11.3 Å². The van der Waals surface area contributed by atoms with Crippen molar-refractivity contribution in [2.75, 3.05) is 19.5 Å². The second kappa shape index (κ2) is 4.85. The minimum absolute atomic E-state index is 0.496. The van der Waals surface area contributed by atoms with Crippen LogP contribution in [-0.4, -0.2) is 23.9 Å². The third-order valence-electron chi connectivity index (χ3n) is 2.62. The molecule has 0 aromatic carbocycles. The molecule has 0 bridgehead atoms. The van der Waals surface area contributed by atoms with Gasteiger partial charge in [0.25, 0.3) is 5.89 Å². The molecule has 2 aromatic rings. The molecule has 0 aliphatic heterocycles. The summed E-state index contributed by atoms with van der Waals surface area (Å²) in [5.74, 6) is 1.14. The Kier molecular flexibility index (Phi) is 3.44. The molecule has 0 unspecified atom stereocenters. The number of nitrogens with zero attached hydrogens (tertiary/aromatic N) is 2. The van der Waals surface area contributed by atoms with E-state index >= 15 is 0 Å². The van der Waals surface area contributed by atoms with Crippen LogP contribution in [0.15, 0.2) is 4.52 Å². The Morgan fingerprint density at radius 2 is 2.18 bits per heavy atom. The zero-order valence-electron chi connectivity index (χ0n) is 10.1. The molecule has 0 spiro atoms. The van der Waals surface area contributed by atoms with Crippen LogP contribution in [0.2, 0.25) is 0 Å². The summed E-state index contributed by atoms with van der Waals surface area (Å²) in [6.07, 6.45) is 0.641. The van der Waals surface area contributed by atoms with Gasteiger partial charge in [0.1, 0.15) is 0 Å². The number of hydrogen-bond acceptors (Lipinski definition) is 6. The molecule has 2 aromatic heterocycles. The predicted molar refractivity (Wildman–Crippen MR) is 67.1 cm³/mol. The van der Waals surface area contributed by atoms with Gasteiger partial charge in [-0.25, -0.2) is 0 Å². The zero-order chi connectivity index (χ0) is 12.4. The minimum Gasteiger partial charge on any atom is -0.390 e. The molecule has 2 rings (SSSR count). The van der Waals surface area contributed by atoms with E-state index < -0.39 is 0 Å². The lowest BCUT2D eigenvalue weighted by Crippen LogP contribution is -1.96. The average molecular weight is 253 g/mol. The summed E-state index contributed by atoms with van der Waals surface area (Å²) < 4.78 is 10.2. The van der Waals surface area contributed by atoms with Crippen molar-refractivity contribution >= 4 is 16.3 Å². The smallest absolute Gasteiger partial charge is 0.261 e. The number of thiophene rings is 1. The molecule has 2 N–H and O–H groups in total. The lowest BCUT2D eigenvalue weighted by atomic mass is 10.1. The van der Waals surface area contributed by atoms with Gasteiger partial charge in [0.05, 0.1) is 17.2 Å². The summed E-state index contributed by atoms with van der Waals surface area (Å²) in [6.45, 7) is 4.62. The van der Waals surface area contributed by atoms with Gasteiger partial charge in [-0.3, -0.25) is 0 Å². The van der Waals surface area contributed by atoms with E-state index in [2.05, 4.69) is 10.1 Å². The summed E-state index contributed by atoms with van der Waals surface area (Å²) in [5, 5.41) is 4.63. The number of anilines is 1. The second-order valence-corrected chi connectivity index (χ2v) is 5.04. The van der Waals surface area contributed by atoms with E-state index in [1.165, 1.54) is 4.88 Å². The second-order valence-electron chi connectivity index (χ2n) is 3.78. The zero-order valence-corrected chi connectivity index (χ0v) is 10.9. The normalized spacial score (nSPS) is 11.0. The molecule has 0 saturated heterocycles. The molecule has 0 saturated carbocycles. The predicted octanol–water partition coefficient (Wildman–Crippen LogP) is 2.19. The first kappa shape index (κ1) is 12.1. The molecule has 2 heterocycles. The summed E-state index contributed by atoms with van der Waals surface area (Å²) in [7, 11) is 1.64. The van der Waals surface area contributed by atoms with Crippen LogP contribution in [-0.2, 0) is 11.2 Å². The van der Waals surface area contributed by atoms with Crippen molar-refractivity contribution in [2.24, 2.45) is 0 Å². The van der Waals surface area contributed by atoms with E-state index in [9.17, 15) is 0 Å². The van der Waals surface area contributed by atoms with Crippen LogP contribution < -0.4 is 5.73 Å². The molecule has 0 radical (unpaired) electrons. The molecule has 5 nitrogen and oxygen atoms in total. The Morgan fingerprint density at radius 1 is 1.41 bits per heavy atom. The number of aromatic nitrogens is 2. The van der Waals surface area contributed by atoms with E-state index in [4.69, 9.17) is 15.0 Å². The van der Waals surface area contributed by atoms with Crippen molar-refractivity contribution in [2.45, 2.75) is 20.3 Å². The van der Waals surface area contributed by atoms with Gasteiger partial charge in [-0.05, 0) is 19.4 Å². The van der Waals surface area contributed by atoms with Crippen LogP contribution in [0.1, 0.15) is 16.3 Å². The van der Waals surface area contributed by atoms with Gasteiger partial charge in [-0.2, -0.15) is 4.98 Å². The van der Waals surface area contributed by atoms with Crippen molar-refractivity contribution in [3.05, 3.63) is 16.3 Å². The van der Waals surface area contributed by atoms with E-state index in [1.807, 2.05) is 13.8 Å². The highest BCUT2D eigenvalue weighted by molar-refractivity contribution is 7.16. The molecule has 0 aliphatic carbocycles. The molecular formula is C11H15N3O2S. The van der Waals surface area contributed by atoms with Gasteiger partial charge in [0.2, 0.25) is 0 Å². The highest BCUT2D eigenvalue weighted by Gasteiger charge is 2.18. The largest absolute Gasteiger partial charge is 0.390 e. The number of aryl methyl sites for hydroxylation is 1. The molecule has 0 fully saturated rings. The summed E-state index contributed by atoms with van der Waals surface area (Å²) in [5.41, 5.74) is 7.92. The fourth-order valence-corrected chi connectivity index (χ4v) is 2.50. The fourth-order valence-electron chi connectivity index (χ4n) is 1.57. The lowest BCUT2D eigenvalue weighted by Gasteiger charge is -1.94. The standard InChI is InChI=1S/C11H15N3O2S/c1-6-7(2)17-10(12)9(6)11-13-8(14-16-11)4-5-15-3/h4-5,12H2,1-3H3. The summed E-state index contributed by atoms with van der Waals surface area (Å²) in [4.78, 5) is 5.50. The molecule has 0 amide bonds. The van der Waals surface area contributed by atoms with Gasteiger partial charge in [-0.1, -0.05) is 5.16 Å². The van der Waals surface area contributed by atoms with E-state index in [-0.39, 0.29) is 0 Å². The molecule has 0 atom stereocenters. The van der Waals surface area contributed by atoms with Crippen molar-refractivity contribution in [3.63, 3.8) is 0 Å². The number of rotatable bonds is 4.